The molecule has 1 atom stereocenters. The number of halogens is 2. The van der Waals surface area contributed by atoms with Crippen LogP contribution in [0.3, 0.4) is 0 Å². The normalized spacial score (nSPS) is 21.6. The van der Waals surface area contributed by atoms with Crippen LogP contribution in [-0.2, 0) is 9.47 Å². The van der Waals surface area contributed by atoms with Gasteiger partial charge in [0.15, 0.2) is 5.78 Å². The molecule has 0 saturated carbocycles. The van der Waals surface area contributed by atoms with Crippen LogP contribution < -0.4 is 0 Å². The van der Waals surface area contributed by atoms with Gasteiger partial charge in [0.25, 0.3) is 0 Å². The van der Waals surface area contributed by atoms with E-state index in [0.717, 1.165) is 7.57 Å². The molecule has 2 heterocycles. The summed E-state index contributed by atoms with van der Waals surface area (Å²) >= 11 is 8.17. The zero-order chi connectivity index (χ0) is 10.8. The van der Waals surface area contributed by atoms with Crippen LogP contribution in [0.5, 0.6) is 0 Å². The zero-order valence-corrected chi connectivity index (χ0v) is 11.7. The predicted octanol–water partition coefficient (Wildman–Crippen LogP) is 2.87. The first-order valence-corrected chi connectivity index (χ1v) is 6.77. The minimum absolute atomic E-state index is 0.0245. The van der Waals surface area contributed by atoms with Gasteiger partial charge in [0.2, 0.25) is 0 Å². The highest BCUT2D eigenvalue weighted by Crippen LogP contribution is 2.33. The Hall–Kier alpha value is 0.250. The van der Waals surface area contributed by atoms with E-state index in [1.807, 2.05) is 0 Å². The monoisotopic (exact) mass is 354 g/mol. The van der Waals surface area contributed by atoms with Crippen molar-refractivity contribution < 1.29 is 14.3 Å². The quantitative estimate of drug-likeness (QED) is 0.765. The number of carbonyl (C=O) groups excluding carboxylic acids is 1. The Balaban J connectivity index is 2.16. The third-order valence-electron chi connectivity index (χ3n) is 2.03. The average molecular weight is 356 g/mol. The summed E-state index contributed by atoms with van der Waals surface area (Å²) in [4.78, 5) is 12.0. The molecule has 0 aromatic carbocycles. The Kier molecular flexibility index (Phi) is 3.95. The molecule has 3 nitrogen and oxygen atoms in total. The predicted molar refractivity (Wildman–Crippen MR) is 64.6 cm³/mol. The van der Waals surface area contributed by atoms with E-state index >= 15 is 0 Å². The van der Waals surface area contributed by atoms with Crippen molar-refractivity contribution >= 4 is 49.0 Å². The van der Waals surface area contributed by atoms with Crippen molar-refractivity contribution in [3.8, 4) is 0 Å². The van der Waals surface area contributed by atoms with E-state index in [4.69, 9.17) is 9.47 Å². The van der Waals surface area contributed by atoms with Crippen LogP contribution in [0.15, 0.2) is 13.6 Å². The molecule has 1 unspecified atom stereocenters. The van der Waals surface area contributed by atoms with Gasteiger partial charge >= 0.3 is 0 Å². The van der Waals surface area contributed by atoms with E-state index in [1.165, 1.54) is 11.3 Å². The molecule has 82 valence electrons. The second-order valence-corrected chi connectivity index (χ2v) is 6.79. The largest absolute Gasteiger partial charge is 0.376 e. The van der Waals surface area contributed by atoms with Crippen LogP contribution in [0.4, 0.5) is 0 Å². The van der Waals surface area contributed by atoms with Crippen molar-refractivity contribution in [3.63, 3.8) is 0 Å². The number of hydrogen-bond donors (Lipinski definition) is 0. The molecule has 1 aromatic heterocycles. The van der Waals surface area contributed by atoms with Crippen LogP contribution in [0.2, 0.25) is 0 Å². The number of hydrogen-bond acceptors (Lipinski definition) is 4. The first kappa shape index (κ1) is 11.7. The van der Waals surface area contributed by atoms with E-state index in [2.05, 4.69) is 31.9 Å². The minimum atomic E-state index is -0.462. The topological polar surface area (TPSA) is 35.5 Å². The highest BCUT2D eigenvalue weighted by atomic mass is 79.9. The van der Waals surface area contributed by atoms with Gasteiger partial charge in [-0.25, -0.2) is 0 Å². The maximum Gasteiger partial charge on any atom is 0.195 e. The van der Waals surface area contributed by atoms with Crippen LogP contribution in [0, 0.1) is 0 Å². The molecule has 1 aliphatic rings. The third-order valence-corrected chi connectivity index (χ3v) is 4.37. The van der Waals surface area contributed by atoms with E-state index in [9.17, 15) is 4.79 Å². The van der Waals surface area contributed by atoms with E-state index in [1.54, 1.807) is 6.07 Å². The van der Waals surface area contributed by atoms with Crippen molar-refractivity contribution in [2.75, 3.05) is 19.8 Å². The molecule has 0 radical (unpaired) electrons. The van der Waals surface area contributed by atoms with Gasteiger partial charge < -0.3 is 9.47 Å². The molecule has 0 spiro atoms. The highest BCUT2D eigenvalue weighted by molar-refractivity contribution is 9.12. The fraction of sp³-hybridized carbons (Fsp3) is 0.444. The number of ether oxygens (including phenoxy) is 2. The summed E-state index contributed by atoms with van der Waals surface area (Å²) in [5.41, 5.74) is 0.655. The van der Waals surface area contributed by atoms with Crippen LogP contribution in [0.25, 0.3) is 0 Å². The molecular weight excluding hydrogens is 348 g/mol. The van der Waals surface area contributed by atoms with Crippen LogP contribution in [0.1, 0.15) is 10.4 Å². The van der Waals surface area contributed by atoms with Crippen molar-refractivity contribution in [2.24, 2.45) is 0 Å². The summed E-state index contributed by atoms with van der Waals surface area (Å²) in [5, 5.41) is 0. The molecule has 1 aromatic rings. The molecule has 0 amide bonds. The average Bonchev–Trinajstić information content (AvgIpc) is 2.58. The maximum absolute atomic E-state index is 12.0. The Morgan fingerprint density at radius 2 is 2.27 bits per heavy atom. The van der Waals surface area contributed by atoms with Gasteiger partial charge in [-0.1, -0.05) is 0 Å². The summed E-state index contributed by atoms with van der Waals surface area (Å²) in [6, 6.07) is 1.80. The molecule has 1 saturated heterocycles. The molecule has 0 bridgehead atoms. The van der Waals surface area contributed by atoms with E-state index in [-0.39, 0.29) is 5.78 Å². The third kappa shape index (κ3) is 2.68. The van der Waals surface area contributed by atoms with E-state index < -0.39 is 6.10 Å². The van der Waals surface area contributed by atoms with Gasteiger partial charge in [-0.2, -0.15) is 0 Å². The number of Topliss-reactive ketones (excluding diaryl/α,β-unsaturated/α-hetero) is 1. The lowest BCUT2D eigenvalue weighted by atomic mass is 10.1. The number of thiophene rings is 1. The van der Waals surface area contributed by atoms with E-state index in [0.29, 0.717) is 25.4 Å². The second kappa shape index (κ2) is 5.05. The molecule has 0 N–H and O–H groups in total. The molecular formula is C9H8Br2O3S. The number of rotatable bonds is 2. The number of ketones is 1. The Morgan fingerprint density at radius 3 is 2.80 bits per heavy atom. The minimum Gasteiger partial charge on any atom is -0.376 e. The fourth-order valence-electron chi connectivity index (χ4n) is 1.32. The van der Waals surface area contributed by atoms with Crippen molar-refractivity contribution in [1.82, 2.24) is 0 Å². The van der Waals surface area contributed by atoms with Crippen LogP contribution in [-0.4, -0.2) is 31.7 Å². The molecule has 0 aliphatic carbocycles. The standard InChI is InChI=1S/C9H8Br2O3S/c10-7-3-5(9(11)15-7)8(12)6-4-13-1-2-14-6/h3,6H,1-2,4H2. The van der Waals surface area contributed by atoms with Crippen molar-refractivity contribution in [1.29, 1.82) is 0 Å². The molecule has 1 aliphatic heterocycles. The summed E-state index contributed by atoms with van der Waals surface area (Å²) < 4.78 is 12.3. The zero-order valence-electron chi connectivity index (χ0n) is 7.66. The van der Waals surface area contributed by atoms with Crippen molar-refractivity contribution in [2.45, 2.75) is 6.10 Å². The SMILES string of the molecule is O=C(c1cc(Br)sc1Br)C1COCCO1. The maximum atomic E-state index is 12.0. The molecule has 1 fully saturated rings. The van der Waals surface area contributed by atoms with Gasteiger partial charge in [0.05, 0.1) is 27.4 Å². The first-order valence-electron chi connectivity index (χ1n) is 4.37. The molecule has 15 heavy (non-hydrogen) atoms. The number of carbonyl (C=O) groups is 1. The summed E-state index contributed by atoms with van der Waals surface area (Å²) in [6.07, 6.45) is -0.462. The Bertz CT molecular complexity index is 371. The van der Waals surface area contributed by atoms with Gasteiger partial charge in [-0.15, -0.1) is 11.3 Å². The first-order chi connectivity index (χ1) is 7.18. The summed E-state index contributed by atoms with van der Waals surface area (Å²) in [5.74, 6) is -0.0245. The lowest BCUT2D eigenvalue weighted by Gasteiger charge is -2.21. The smallest absolute Gasteiger partial charge is 0.195 e. The van der Waals surface area contributed by atoms with Gasteiger partial charge in [-0.3, -0.25) is 4.79 Å². The van der Waals surface area contributed by atoms with Crippen molar-refractivity contribution in [3.05, 3.63) is 19.2 Å². The summed E-state index contributed by atoms with van der Waals surface area (Å²) in [6.45, 7) is 1.40. The van der Waals surface area contributed by atoms with Crippen LogP contribution >= 0.6 is 43.2 Å². The van der Waals surface area contributed by atoms with Gasteiger partial charge in [0, 0.05) is 5.56 Å². The lowest BCUT2D eigenvalue weighted by Crippen LogP contribution is -2.35. The van der Waals surface area contributed by atoms with Gasteiger partial charge in [-0.05, 0) is 37.9 Å². The summed E-state index contributed by atoms with van der Waals surface area (Å²) in [7, 11) is 0. The van der Waals surface area contributed by atoms with Gasteiger partial charge in [0.1, 0.15) is 6.10 Å². The highest BCUT2D eigenvalue weighted by Gasteiger charge is 2.26. The fourth-order valence-corrected chi connectivity index (χ4v) is 4.14. The lowest BCUT2D eigenvalue weighted by molar-refractivity contribution is -0.0719. The Morgan fingerprint density at radius 1 is 1.47 bits per heavy atom. The second-order valence-electron chi connectivity index (χ2n) is 3.04. The molecule has 6 heteroatoms. The Labute approximate surface area is 108 Å². The molecule has 2 rings (SSSR count).